The minimum atomic E-state index is -0.374. The number of benzene rings is 1. The van der Waals surface area contributed by atoms with Gasteiger partial charge in [-0.05, 0) is 19.3 Å². The highest BCUT2D eigenvalue weighted by Crippen LogP contribution is 2.42. The quantitative estimate of drug-likeness (QED) is 0.910. The van der Waals surface area contributed by atoms with E-state index in [1.165, 1.54) is 0 Å². The molecule has 1 aliphatic carbocycles. The second kappa shape index (κ2) is 4.59. The highest BCUT2D eigenvalue weighted by atomic mass is 16.5. The van der Waals surface area contributed by atoms with Crippen LogP contribution in [0.25, 0.3) is 11.4 Å². The van der Waals surface area contributed by atoms with Crippen LogP contribution < -0.4 is 5.73 Å². The van der Waals surface area contributed by atoms with Crippen molar-refractivity contribution in [2.75, 3.05) is 12.8 Å². The Morgan fingerprint density at radius 1 is 1.11 bits per heavy atom. The minimum absolute atomic E-state index is 0.243. The van der Waals surface area contributed by atoms with E-state index in [1.54, 1.807) is 7.11 Å². The Morgan fingerprint density at radius 3 is 2.42 bits per heavy atom. The first-order valence-electron chi connectivity index (χ1n) is 6.36. The van der Waals surface area contributed by atoms with E-state index < -0.39 is 0 Å². The van der Waals surface area contributed by atoms with Crippen LogP contribution in [0.5, 0.6) is 0 Å². The molecule has 5 nitrogen and oxygen atoms in total. The highest BCUT2D eigenvalue weighted by molar-refractivity contribution is 5.55. The second-order valence-electron chi connectivity index (χ2n) is 4.76. The summed E-state index contributed by atoms with van der Waals surface area (Å²) in [6.45, 7) is 0. The van der Waals surface area contributed by atoms with Crippen molar-refractivity contribution in [1.29, 1.82) is 0 Å². The number of nitrogens with zero attached hydrogens (tertiary/aromatic N) is 3. The third-order valence-corrected chi connectivity index (χ3v) is 3.64. The molecule has 0 bridgehead atoms. The Morgan fingerprint density at radius 2 is 1.84 bits per heavy atom. The van der Waals surface area contributed by atoms with Crippen molar-refractivity contribution < 1.29 is 4.74 Å². The first kappa shape index (κ1) is 12.0. The summed E-state index contributed by atoms with van der Waals surface area (Å²) in [5.41, 5.74) is 6.37. The van der Waals surface area contributed by atoms with Crippen LogP contribution >= 0.6 is 0 Å². The van der Waals surface area contributed by atoms with Gasteiger partial charge in [0.1, 0.15) is 5.60 Å². The van der Waals surface area contributed by atoms with Gasteiger partial charge in [-0.15, -0.1) is 0 Å². The van der Waals surface area contributed by atoms with Gasteiger partial charge in [0, 0.05) is 12.7 Å². The average molecular weight is 256 g/mol. The maximum Gasteiger partial charge on any atom is 0.223 e. The average Bonchev–Trinajstić information content (AvgIpc) is 2.39. The molecular weight excluding hydrogens is 240 g/mol. The molecule has 1 aromatic carbocycles. The molecule has 2 aromatic rings. The Balaban J connectivity index is 2.06. The largest absolute Gasteiger partial charge is 0.370 e. The number of nitrogens with two attached hydrogens (primary N) is 1. The van der Waals surface area contributed by atoms with E-state index >= 15 is 0 Å². The number of rotatable bonds is 3. The Bertz CT molecular complexity index is 576. The summed E-state index contributed by atoms with van der Waals surface area (Å²) in [5, 5.41) is 0. The topological polar surface area (TPSA) is 73.9 Å². The standard InChI is InChI=1S/C14H16N4O/c1-19-14(8-5-9-14)12-16-11(17-13(15)18-12)10-6-3-2-4-7-10/h2-4,6-7H,5,8-9H2,1H3,(H2,15,16,17,18). The molecule has 19 heavy (non-hydrogen) atoms. The number of aromatic nitrogens is 3. The van der Waals surface area contributed by atoms with E-state index in [1.807, 2.05) is 30.3 Å². The molecule has 0 spiro atoms. The molecule has 1 saturated carbocycles. The lowest BCUT2D eigenvalue weighted by Crippen LogP contribution is -2.38. The molecule has 2 N–H and O–H groups in total. The fourth-order valence-electron chi connectivity index (χ4n) is 2.33. The fourth-order valence-corrected chi connectivity index (χ4v) is 2.33. The second-order valence-corrected chi connectivity index (χ2v) is 4.76. The molecule has 3 rings (SSSR count). The van der Waals surface area contributed by atoms with Gasteiger partial charge in [-0.1, -0.05) is 30.3 Å². The molecule has 0 aliphatic heterocycles. The maximum absolute atomic E-state index is 5.81. The van der Waals surface area contributed by atoms with Crippen molar-refractivity contribution in [1.82, 2.24) is 15.0 Å². The van der Waals surface area contributed by atoms with E-state index in [0.717, 1.165) is 24.8 Å². The highest BCUT2D eigenvalue weighted by Gasteiger charge is 2.42. The van der Waals surface area contributed by atoms with Crippen LogP contribution in [0, 0.1) is 0 Å². The Kier molecular flexibility index (Phi) is 2.91. The van der Waals surface area contributed by atoms with Gasteiger partial charge in [0.05, 0.1) is 0 Å². The van der Waals surface area contributed by atoms with Gasteiger partial charge in [0.25, 0.3) is 0 Å². The zero-order valence-electron chi connectivity index (χ0n) is 10.8. The van der Waals surface area contributed by atoms with Gasteiger partial charge in [-0.3, -0.25) is 0 Å². The van der Waals surface area contributed by atoms with E-state index in [-0.39, 0.29) is 11.5 Å². The van der Waals surface area contributed by atoms with Crippen LogP contribution in [0.1, 0.15) is 25.1 Å². The molecule has 0 atom stereocenters. The first-order chi connectivity index (χ1) is 9.23. The summed E-state index contributed by atoms with van der Waals surface area (Å²) < 4.78 is 5.60. The number of hydrogen-bond acceptors (Lipinski definition) is 5. The zero-order chi connectivity index (χ0) is 13.3. The van der Waals surface area contributed by atoms with Crippen LogP contribution in [0.15, 0.2) is 30.3 Å². The fraction of sp³-hybridized carbons (Fsp3) is 0.357. The molecule has 98 valence electrons. The molecule has 5 heteroatoms. The van der Waals surface area contributed by atoms with Crippen LogP contribution in [0.2, 0.25) is 0 Å². The van der Waals surface area contributed by atoms with E-state index in [0.29, 0.717) is 11.6 Å². The number of methoxy groups -OCH3 is 1. The number of hydrogen-bond donors (Lipinski definition) is 1. The van der Waals surface area contributed by atoms with Gasteiger partial charge >= 0.3 is 0 Å². The minimum Gasteiger partial charge on any atom is -0.370 e. The summed E-state index contributed by atoms with van der Waals surface area (Å²) >= 11 is 0. The molecule has 0 radical (unpaired) electrons. The Hall–Kier alpha value is -2.01. The van der Waals surface area contributed by atoms with Gasteiger partial charge in [-0.2, -0.15) is 9.97 Å². The van der Waals surface area contributed by atoms with Gasteiger partial charge in [0.15, 0.2) is 11.6 Å². The third kappa shape index (κ3) is 2.06. The molecule has 1 heterocycles. The summed E-state index contributed by atoms with van der Waals surface area (Å²) in [7, 11) is 1.70. The van der Waals surface area contributed by atoms with Crippen LogP contribution in [0.4, 0.5) is 5.95 Å². The smallest absolute Gasteiger partial charge is 0.223 e. The van der Waals surface area contributed by atoms with Crippen LogP contribution in [-0.4, -0.2) is 22.1 Å². The summed E-state index contributed by atoms with van der Waals surface area (Å²) in [4.78, 5) is 13.0. The van der Waals surface area contributed by atoms with Crippen LogP contribution in [-0.2, 0) is 10.3 Å². The van der Waals surface area contributed by atoms with Crippen molar-refractivity contribution in [3.8, 4) is 11.4 Å². The van der Waals surface area contributed by atoms with E-state index in [2.05, 4.69) is 15.0 Å². The van der Waals surface area contributed by atoms with Gasteiger partial charge in [0.2, 0.25) is 5.95 Å². The molecule has 0 saturated heterocycles. The molecule has 1 aromatic heterocycles. The summed E-state index contributed by atoms with van der Waals surface area (Å²) in [6.07, 6.45) is 2.99. The van der Waals surface area contributed by atoms with E-state index in [9.17, 15) is 0 Å². The summed E-state index contributed by atoms with van der Waals surface area (Å²) in [6, 6.07) is 9.77. The van der Waals surface area contributed by atoms with Crippen molar-refractivity contribution in [2.24, 2.45) is 0 Å². The maximum atomic E-state index is 5.81. The predicted molar refractivity (Wildman–Crippen MR) is 72.2 cm³/mol. The molecule has 1 fully saturated rings. The first-order valence-corrected chi connectivity index (χ1v) is 6.36. The molecular formula is C14H16N4O. The van der Waals surface area contributed by atoms with E-state index in [4.69, 9.17) is 10.5 Å². The lowest BCUT2D eigenvalue weighted by atomic mass is 9.79. The van der Waals surface area contributed by atoms with Crippen molar-refractivity contribution in [2.45, 2.75) is 24.9 Å². The number of ether oxygens (including phenoxy) is 1. The normalized spacial score (nSPS) is 16.9. The van der Waals surface area contributed by atoms with Gasteiger partial charge < -0.3 is 10.5 Å². The Labute approximate surface area is 111 Å². The number of nitrogen functional groups attached to an aromatic ring is 1. The van der Waals surface area contributed by atoms with Crippen molar-refractivity contribution in [3.05, 3.63) is 36.2 Å². The monoisotopic (exact) mass is 256 g/mol. The third-order valence-electron chi connectivity index (χ3n) is 3.64. The van der Waals surface area contributed by atoms with Crippen LogP contribution in [0.3, 0.4) is 0 Å². The lowest BCUT2D eigenvalue weighted by Gasteiger charge is -2.38. The molecule has 0 amide bonds. The van der Waals surface area contributed by atoms with Gasteiger partial charge in [-0.25, -0.2) is 4.98 Å². The van der Waals surface area contributed by atoms with Crippen molar-refractivity contribution in [3.63, 3.8) is 0 Å². The zero-order valence-corrected chi connectivity index (χ0v) is 10.8. The predicted octanol–water partition coefficient (Wildman–Crippen LogP) is 2.15. The van der Waals surface area contributed by atoms with Crippen molar-refractivity contribution >= 4 is 5.95 Å². The molecule has 1 aliphatic rings. The summed E-state index contributed by atoms with van der Waals surface area (Å²) in [5.74, 6) is 1.49. The SMILES string of the molecule is COC1(c2nc(N)nc(-c3ccccc3)n2)CCC1. The number of anilines is 1. The lowest BCUT2D eigenvalue weighted by molar-refractivity contribution is -0.0845. The molecule has 0 unspecified atom stereocenters.